The SMILES string of the molecule is O=C1OC2(CCN(C(=O)c3ncccc3O)CC2)CN1CCc1ccccc1. The highest BCUT2D eigenvalue weighted by molar-refractivity contribution is 5.94. The van der Waals surface area contributed by atoms with Crippen LogP contribution in [0.1, 0.15) is 28.9 Å². The molecule has 28 heavy (non-hydrogen) atoms. The van der Waals surface area contributed by atoms with Gasteiger partial charge in [0.2, 0.25) is 0 Å². The van der Waals surface area contributed by atoms with Crippen LogP contribution in [0.25, 0.3) is 0 Å². The van der Waals surface area contributed by atoms with Gasteiger partial charge in [-0.1, -0.05) is 30.3 Å². The summed E-state index contributed by atoms with van der Waals surface area (Å²) in [5.41, 5.74) is 0.717. The highest BCUT2D eigenvalue weighted by Crippen LogP contribution is 2.34. The van der Waals surface area contributed by atoms with Gasteiger partial charge in [0.25, 0.3) is 5.91 Å². The number of nitrogens with zero attached hydrogens (tertiary/aromatic N) is 3. The number of pyridine rings is 1. The maximum Gasteiger partial charge on any atom is 0.410 e. The molecule has 2 amide bonds. The third-order valence-electron chi connectivity index (χ3n) is 5.51. The van der Waals surface area contributed by atoms with Crippen molar-refractivity contribution < 1.29 is 19.4 Å². The van der Waals surface area contributed by atoms with Crippen LogP contribution in [0.4, 0.5) is 4.79 Å². The van der Waals surface area contributed by atoms with Crippen LogP contribution >= 0.6 is 0 Å². The number of aromatic nitrogens is 1. The molecule has 1 aromatic carbocycles. The highest BCUT2D eigenvalue weighted by atomic mass is 16.6. The van der Waals surface area contributed by atoms with Crippen LogP contribution in [0.3, 0.4) is 0 Å². The summed E-state index contributed by atoms with van der Waals surface area (Å²) in [5.74, 6) is -0.412. The van der Waals surface area contributed by atoms with Crippen molar-refractivity contribution in [1.29, 1.82) is 0 Å². The van der Waals surface area contributed by atoms with Gasteiger partial charge in [-0.25, -0.2) is 9.78 Å². The molecule has 0 unspecified atom stereocenters. The lowest BCUT2D eigenvalue weighted by Crippen LogP contribution is -2.49. The first-order chi connectivity index (χ1) is 13.6. The van der Waals surface area contributed by atoms with Crippen LogP contribution in [-0.2, 0) is 11.2 Å². The van der Waals surface area contributed by atoms with Crippen LogP contribution in [0.15, 0.2) is 48.7 Å². The third-order valence-corrected chi connectivity index (χ3v) is 5.51. The Bertz CT molecular complexity index is 863. The van der Waals surface area contributed by atoms with Crippen LogP contribution < -0.4 is 0 Å². The predicted octanol–water partition coefficient (Wildman–Crippen LogP) is 2.46. The van der Waals surface area contributed by atoms with Gasteiger partial charge in [-0.2, -0.15) is 0 Å². The molecule has 0 saturated carbocycles. The van der Waals surface area contributed by atoms with E-state index in [1.54, 1.807) is 15.9 Å². The number of piperidine rings is 1. The number of rotatable bonds is 4. The summed E-state index contributed by atoms with van der Waals surface area (Å²) in [5, 5.41) is 9.85. The highest BCUT2D eigenvalue weighted by Gasteiger charge is 2.47. The van der Waals surface area contributed by atoms with Crippen LogP contribution in [0.5, 0.6) is 5.75 Å². The maximum atomic E-state index is 12.6. The first-order valence-electron chi connectivity index (χ1n) is 9.51. The third kappa shape index (κ3) is 3.65. The molecule has 0 aliphatic carbocycles. The number of likely N-dealkylation sites (tertiary alicyclic amines) is 1. The first kappa shape index (κ1) is 18.3. The van der Waals surface area contributed by atoms with E-state index in [1.807, 2.05) is 30.3 Å². The van der Waals surface area contributed by atoms with Crippen molar-refractivity contribution in [1.82, 2.24) is 14.8 Å². The Hall–Kier alpha value is -3.09. The lowest BCUT2D eigenvalue weighted by molar-refractivity contribution is 0.00290. The number of carbonyl (C=O) groups excluding carboxylic acids is 2. The number of hydrogen-bond acceptors (Lipinski definition) is 5. The molecule has 4 rings (SSSR count). The number of ether oxygens (including phenoxy) is 1. The van der Waals surface area contributed by atoms with Crippen molar-refractivity contribution in [3.63, 3.8) is 0 Å². The van der Waals surface area contributed by atoms with Crippen molar-refractivity contribution in [2.75, 3.05) is 26.2 Å². The summed E-state index contributed by atoms with van der Waals surface area (Å²) in [6, 6.07) is 13.1. The molecule has 146 valence electrons. The van der Waals surface area contributed by atoms with E-state index < -0.39 is 5.60 Å². The Balaban J connectivity index is 1.34. The Kier molecular flexibility index (Phi) is 4.90. The molecule has 7 heteroatoms. The van der Waals surface area contributed by atoms with Gasteiger partial charge in [-0.3, -0.25) is 4.79 Å². The van der Waals surface area contributed by atoms with Gasteiger partial charge in [0.15, 0.2) is 5.69 Å². The van der Waals surface area contributed by atoms with E-state index in [0.29, 0.717) is 39.0 Å². The molecule has 2 aliphatic heterocycles. The molecule has 0 bridgehead atoms. The molecule has 1 aromatic heterocycles. The maximum absolute atomic E-state index is 12.6. The number of hydrogen-bond donors (Lipinski definition) is 1. The first-order valence-corrected chi connectivity index (χ1v) is 9.51. The van der Waals surface area contributed by atoms with Crippen molar-refractivity contribution in [2.45, 2.75) is 24.9 Å². The van der Waals surface area contributed by atoms with Gasteiger partial charge in [0, 0.05) is 38.7 Å². The van der Waals surface area contributed by atoms with Crippen molar-refractivity contribution >= 4 is 12.0 Å². The van der Waals surface area contributed by atoms with Crippen LogP contribution in [0, 0.1) is 0 Å². The number of carbonyl (C=O) groups is 2. The average Bonchev–Trinajstić information content (AvgIpc) is 3.02. The van der Waals surface area contributed by atoms with Crippen molar-refractivity contribution in [3.05, 3.63) is 59.9 Å². The molecule has 2 aliphatic rings. The second-order valence-corrected chi connectivity index (χ2v) is 7.37. The molecule has 0 radical (unpaired) electrons. The minimum absolute atomic E-state index is 0.0614. The Labute approximate surface area is 163 Å². The van der Waals surface area contributed by atoms with E-state index in [9.17, 15) is 14.7 Å². The number of amides is 2. The fourth-order valence-electron chi connectivity index (χ4n) is 3.86. The summed E-state index contributed by atoms with van der Waals surface area (Å²) in [6.45, 7) is 2.11. The van der Waals surface area contributed by atoms with E-state index in [0.717, 1.165) is 6.42 Å². The van der Waals surface area contributed by atoms with Gasteiger partial charge in [0.1, 0.15) is 11.4 Å². The Morgan fingerprint density at radius 2 is 1.89 bits per heavy atom. The predicted molar refractivity (Wildman–Crippen MR) is 102 cm³/mol. The smallest absolute Gasteiger partial charge is 0.410 e. The fraction of sp³-hybridized carbons (Fsp3) is 0.381. The van der Waals surface area contributed by atoms with E-state index in [4.69, 9.17) is 4.74 Å². The summed E-state index contributed by atoms with van der Waals surface area (Å²) in [6.07, 6.45) is 3.16. The molecular formula is C21H23N3O4. The van der Waals surface area contributed by atoms with Crippen LogP contribution in [0.2, 0.25) is 0 Å². The zero-order chi connectivity index (χ0) is 19.6. The summed E-state index contributed by atoms with van der Waals surface area (Å²) < 4.78 is 5.73. The van der Waals surface area contributed by atoms with Gasteiger partial charge in [-0.05, 0) is 24.1 Å². The molecular weight excluding hydrogens is 358 g/mol. The van der Waals surface area contributed by atoms with E-state index >= 15 is 0 Å². The van der Waals surface area contributed by atoms with Gasteiger partial charge < -0.3 is 19.6 Å². The standard InChI is InChI=1S/C21H23N3O4/c25-17-7-4-11-22-18(17)19(26)23-13-9-21(10-14-23)15-24(20(27)28-21)12-8-16-5-2-1-3-6-16/h1-7,11,25H,8-10,12-15H2. The Morgan fingerprint density at radius 1 is 1.14 bits per heavy atom. The van der Waals surface area contributed by atoms with Gasteiger partial charge >= 0.3 is 6.09 Å². The molecule has 2 fully saturated rings. The largest absolute Gasteiger partial charge is 0.505 e. The van der Waals surface area contributed by atoms with Crippen molar-refractivity contribution in [3.8, 4) is 5.75 Å². The second kappa shape index (κ2) is 7.50. The molecule has 1 N–H and O–H groups in total. The summed E-state index contributed by atoms with van der Waals surface area (Å²) in [4.78, 5) is 32.3. The fourth-order valence-corrected chi connectivity index (χ4v) is 3.86. The quantitative estimate of drug-likeness (QED) is 0.880. The molecule has 0 atom stereocenters. The lowest BCUT2D eigenvalue weighted by Gasteiger charge is -2.37. The van der Waals surface area contributed by atoms with E-state index in [-0.39, 0.29) is 23.4 Å². The van der Waals surface area contributed by atoms with Gasteiger partial charge in [0.05, 0.1) is 6.54 Å². The molecule has 2 aromatic rings. The Morgan fingerprint density at radius 3 is 2.61 bits per heavy atom. The molecule has 7 nitrogen and oxygen atoms in total. The zero-order valence-electron chi connectivity index (χ0n) is 15.6. The topological polar surface area (TPSA) is 83.0 Å². The normalized spacial score (nSPS) is 18.4. The second-order valence-electron chi connectivity index (χ2n) is 7.37. The summed E-state index contributed by atoms with van der Waals surface area (Å²) in [7, 11) is 0. The van der Waals surface area contributed by atoms with Crippen LogP contribution in [-0.4, -0.2) is 63.7 Å². The minimum Gasteiger partial charge on any atom is -0.505 e. The van der Waals surface area contributed by atoms with E-state index in [2.05, 4.69) is 4.98 Å². The molecule has 1 spiro atoms. The molecule has 3 heterocycles. The minimum atomic E-state index is -0.531. The van der Waals surface area contributed by atoms with Crippen molar-refractivity contribution in [2.24, 2.45) is 0 Å². The van der Waals surface area contributed by atoms with E-state index in [1.165, 1.54) is 17.8 Å². The summed E-state index contributed by atoms with van der Waals surface area (Å²) >= 11 is 0. The monoisotopic (exact) mass is 381 g/mol. The molecule has 2 saturated heterocycles. The zero-order valence-corrected chi connectivity index (χ0v) is 15.6. The number of benzene rings is 1. The van der Waals surface area contributed by atoms with Gasteiger partial charge in [-0.15, -0.1) is 0 Å². The number of aromatic hydroxyl groups is 1. The lowest BCUT2D eigenvalue weighted by atomic mass is 9.91. The average molecular weight is 381 g/mol.